The van der Waals surface area contributed by atoms with Crippen LogP contribution in [0.4, 0.5) is 4.79 Å². The molecule has 2 fully saturated rings. The van der Waals surface area contributed by atoms with Gasteiger partial charge in [0.1, 0.15) is 5.60 Å². The van der Waals surface area contributed by atoms with Crippen LogP contribution in [0, 0.1) is 0 Å². The van der Waals surface area contributed by atoms with Crippen LogP contribution in [0.25, 0.3) is 0 Å². The zero-order chi connectivity index (χ0) is 16.9. The number of rotatable bonds is 5. The third-order valence-corrected chi connectivity index (χ3v) is 4.50. The van der Waals surface area contributed by atoms with Crippen LogP contribution in [0.5, 0.6) is 0 Å². The first-order valence-corrected chi connectivity index (χ1v) is 8.96. The molecule has 2 aliphatic rings. The molecule has 6 nitrogen and oxygen atoms in total. The van der Waals surface area contributed by atoms with Gasteiger partial charge in [-0.05, 0) is 60.3 Å². The van der Waals surface area contributed by atoms with Crippen molar-refractivity contribution < 1.29 is 9.53 Å². The Hall–Kier alpha value is -0.850. The number of piperazine rings is 1. The van der Waals surface area contributed by atoms with Crippen LogP contribution in [0.15, 0.2) is 0 Å². The van der Waals surface area contributed by atoms with Gasteiger partial charge in [0.15, 0.2) is 0 Å². The van der Waals surface area contributed by atoms with Crippen molar-refractivity contribution in [2.45, 2.75) is 45.3 Å². The smallest absolute Gasteiger partial charge is 0.410 e. The van der Waals surface area contributed by atoms with Crippen molar-refractivity contribution in [2.75, 3.05) is 59.4 Å². The number of nitrogens with one attached hydrogen (secondary N) is 1. The summed E-state index contributed by atoms with van der Waals surface area (Å²) in [4.78, 5) is 18.7. The SMILES string of the molecule is CN1CCC(NCCCN2CCN(C(=O)OC(C)(C)C)CC2)C1. The van der Waals surface area contributed by atoms with Crippen LogP contribution in [0.3, 0.4) is 0 Å². The number of amides is 1. The van der Waals surface area contributed by atoms with Crippen molar-refractivity contribution in [3.8, 4) is 0 Å². The maximum Gasteiger partial charge on any atom is 0.410 e. The minimum atomic E-state index is -0.409. The van der Waals surface area contributed by atoms with Crippen LogP contribution in [0.1, 0.15) is 33.6 Å². The Morgan fingerprint density at radius 3 is 2.43 bits per heavy atom. The average Bonchev–Trinajstić information content (AvgIpc) is 2.88. The van der Waals surface area contributed by atoms with E-state index >= 15 is 0 Å². The zero-order valence-electron chi connectivity index (χ0n) is 15.3. The molecule has 2 aliphatic heterocycles. The fourth-order valence-electron chi connectivity index (χ4n) is 3.19. The molecule has 0 aromatic heterocycles. The third kappa shape index (κ3) is 6.65. The lowest BCUT2D eigenvalue weighted by atomic mass is 10.2. The second kappa shape index (κ2) is 8.31. The summed E-state index contributed by atoms with van der Waals surface area (Å²) in [5.74, 6) is 0. The zero-order valence-corrected chi connectivity index (χ0v) is 15.3. The number of likely N-dealkylation sites (N-methyl/N-ethyl adjacent to an activating group) is 1. The van der Waals surface area contributed by atoms with Gasteiger partial charge in [0, 0.05) is 38.8 Å². The Kier molecular flexibility index (Phi) is 6.68. The number of hydrogen-bond acceptors (Lipinski definition) is 5. The molecule has 1 atom stereocenters. The summed E-state index contributed by atoms with van der Waals surface area (Å²) in [5, 5.41) is 3.65. The highest BCUT2D eigenvalue weighted by Crippen LogP contribution is 2.12. The molecule has 0 bridgehead atoms. The van der Waals surface area contributed by atoms with Crippen LogP contribution >= 0.6 is 0 Å². The van der Waals surface area contributed by atoms with E-state index in [0.717, 1.165) is 39.3 Å². The van der Waals surface area contributed by atoms with Crippen LogP contribution in [0.2, 0.25) is 0 Å². The summed E-state index contributed by atoms with van der Waals surface area (Å²) in [6.07, 6.45) is 2.27. The Morgan fingerprint density at radius 1 is 1.17 bits per heavy atom. The molecule has 2 saturated heterocycles. The second-order valence-corrected chi connectivity index (χ2v) is 7.86. The van der Waals surface area contributed by atoms with Gasteiger partial charge in [0.25, 0.3) is 0 Å². The van der Waals surface area contributed by atoms with E-state index in [0.29, 0.717) is 6.04 Å². The Balaban J connectivity index is 1.55. The highest BCUT2D eigenvalue weighted by molar-refractivity contribution is 5.68. The first-order valence-electron chi connectivity index (χ1n) is 8.96. The van der Waals surface area contributed by atoms with Crippen molar-refractivity contribution in [1.29, 1.82) is 0 Å². The van der Waals surface area contributed by atoms with Gasteiger partial charge < -0.3 is 19.9 Å². The van der Waals surface area contributed by atoms with Crippen molar-refractivity contribution in [3.05, 3.63) is 0 Å². The van der Waals surface area contributed by atoms with Crippen LogP contribution in [-0.2, 0) is 4.74 Å². The molecule has 1 unspecified atom stereocenters. The quantitative estimate of drug-likeness (QED) is 0.770. The van der Waals surface area contributed by atoms with E-state index in [2.05, 4.69) is 22.2 Å². The lowest BCUT2D eigenvalue weighted by Crippen LogP contribution is -2.50. The predicted octanol–water partition coefficient (Wildman–Crippen LogP) is 1.22. The van der Waals surface area contributed by atoms with Gasteiger partial charge in [0.2, 0.25) is 0 Å². The molecule has 0 spiro atoms. The summed E-state index contributed by atoms with van der Waals surface area (Å²) >= 11 is 0. The van der Waals surface area contributed by atoms with Crippen LogP contribution < -0.4 is 5.32 Å². The fraction of sp³-hybridized carbons (Fsp3) is 0.941. The van der Waals surface area contributed by atoms with E-state index in [1.807, 2.05) is 25.7 Å². The van der Waals surface area contributed by atoms with E-state index in [9.17, 15) is 4.79 Å². The van der Waals surface area contributed by atoms with Crippen molar-refractivity contribution >= 4 is 6.09 Å². The third-order valence-electron chi connectivity index (χ3n) is 4.50. The summed E-state index contributed by atoms with van der Waals surface area (Å²) in [6, 6.07) is 0.670. The van der Waals surface area contributed by atoms with E-state index in [1.165, 1.54) is 25.9 Å². The average molecular weight is 326 g/mol. The fourth-order valence-corrected chi connectivity index (χ4v) is 3.19. The number of hydrogen-bond donors (Lipinski definition) is 1. The van der Waals surface area contributed by atoms with Gasteiger partial charge >= 0.3 is 6.09 Å². The molecular formula is C17H34N4O2. The molecule has 0 saturated carbocycles. The first kappa shape index (κ1) is 18.5. The number of carbonyl (C=O) groups excluding carboxylic acids is 1. The van der Waals surface area contributed by atoms with Gasteiger partial charge in [-0.1, -0.05) is 0 Å². The maximum atomic E-state index is 12.0. The highest BCUT2D eigenvalue weighted by Gasteiger charge is 2.25. The molecule has 1 N–H and O–H groups in total. The molecule has 2 heterocycles. The number of ether oxygens (including phenoxy) is 1. The van der Waals surface area contributed by atoms with Gasteiger partial charge in [-0.15, -0.1) is 0 Å². The summed E-state index contributed by atoms with van der Waals surface area (Å²) < 4.78 is 5.43. The molecule has 6 heteroatoms. The Labute approximate surface area is 141 Å². The summed E-state index contributed by atoms with van der Waals surface area (Å²) in [5.41, 5.74) is -0.409. The largest absolute Gasteiger partial charge is 0.444 e. The summed E-state index contributed by atoms with van der Waals surface area (Å²) in [7, 11) is 2.19. The maximum absolute atomic E-state index is 12.0. The minimum absolute atomic E-state index is 0.177. The molecule has 2 rings (SSSR count). The van der Waals surface area contributed by atoms with E-state index in [4.69, 9.17) is 4.74 Å². The molecule has 0 aliphatic carbocycles. The molecule has 0 aromatic rings. The van der Waals surface area contributed by atoms with E-state index in [-0.39, 0.29) is 6.09 Å². The molecule has 1 amide bonds. The predicted molar refractivity (Wildman–Crippen MR) is 92.8 cm³/mol. The molecule has 0 aromatic carbocycles. The van der Waals surface area contributed by atoms with Gasteiger partial charge in [-0.2, -0.15) is 0 Å². The minimum Gasteiger partial charge on any atom is -0.444 e. The molecule has 0 radical (unpaired) electrons. The summed E-state index contributed by atoms with van der Waals surface area (Å²) in [6.45, 7) is 13.8. The first-order chi connectivity index (χ1) is 10.8. The molecule has 134 valence electrons. The van der Waals surface area contributed by atoms with E-state index < -0.39 is 5.60 Å². The number of carbonyl (C=O) groups is 1. The number of likely N-dealkylation sites (tertiary alicyclic amines) is 1. The van der Waals surface area contributed by atoms with Crippen molar-refractivity contribution in [3.63, 3.8) is 0 Å². The molecule has 23 heavy (non-hydrogen) atoms. The van der Waals surface area contributed by atoms with Gasteiger partial charge in [0.05, 0.1) is 0 Å². The standard InChI is InChI=1S/C17H34N4O2/c1-17(2,3)23-16(22)21-12-10-20(11-13-21)8-5-7-18-15-6-9-19(4)14-15/h15,18H,5-14H2,1-4H3. The Morgan fingerprint density at radius 2 is 1.87 bits per heavy atom. The Bertz CT molecular complexity index is 375. The second-order valence-electron chi connectivity index (χ2n) is 7.86. The topological polar surface area (TPSA) is 48.0 Å². The number of nitrogens with zero attached hydrogens (tertiary/aromatic N) is 3. The lowest BCUT2D eigenvalue weighted by molar-refractivity contribution is 0.0144. The van der Waals surface area contributed by atoms with Gasteiger partial charge in [-0.3, -0.25) is 4.90 Å². The normalized spacial score (nSPS) is 24.2. The van der Waals surface area contributed by atoms with E-state index in [1.54, 1.807) is 0 Å². The van der Waals surface area contributed by atoms with Gasteiger partial charge in [-0.25, -0.2) is 4.79 Å². The van der Waals surface area contributed by atoms with Crippen molar-refractivity contribution in [1.82, 2.24) is 20.0 Å². The van der Waals surface area contributed by atoms with Crippen molar-refractivity contribution in [2.24, 2.45) is 0 Å². The van der Waals surface area contributed by atoms with Crippen LogP contribution in [-0.4, -0.2) is 91.8 Å². The lowest BCUT2D eigenvalue weighted by Gasteiger charge is -2.35. The monoisotopic (exact) mass is 326 g/mol. The highest BCUT2D eigenvalue weighted by atomic mass is 16.6. The molecular weight excluding hydrogens is 292 g/mol.